The van der Waals surface area contributed by atoms with E-state index in [9.17, 15) is 8.42 Å². The van der Waals surface area contributed by atoms with E-state index < -0.39 is 10.0 Å². The molecule has 0 radical (unpaired) electrons. The quantitative estimate of drug-likeness (QED) is 0.841. The van der Waals surface area contributed by atoms with Crippen LogP contribution in [0.15, 0.2) is 32.5 Å². The Balaban J connectivity index is 2.08. The van der Waals surface area contributed by atoms with E-state index in [1.165, 1.54) is 28.8 Å². The Morgan fingerprint density at radius 3 is 2.81 bits per heavy atom. The van der Waals surface area contributed by atoms with Gasteiger partial charge in [-0.05, 0) is 12.1 Å². The third-order valence-corrected chi connectivity index (χ3v) is 5.17. The molecule has 8 heteroatoms. The van der Waals surface area contributed by atoms with Crippen molar-refractivity contribution in [1.29, 1.82) is 0 Å². The fourth-order valence-electron chi connectivity index (χ4n) is 1.68. The second-order valence-corrected chi connectivity index (χ2v) is 7.69. The lowest BCUT2D eigenvalue weighted by Gasteiger charge is -2.13. The highest BCUT2D eigenvalue weighted by molar-refractivity contribution is 7.88. The van der Waals surface area contributed by atoms with E-state index in [4.69, 9.17) is 4.42 Å². The summed E-state index contributed by atoms with van der Waals surface area (Å²) in [7, 11) is -2.11. The Hall–Kier alpha value is -1.22. The highest BCUT2D eigenvalue weighted by Crippen LogP contribution is 2.19. The average molecular weight is 329 g/mol. The lowest BCUT2D eigenvalue weighted by atomic mass is 10.3. The van der Waals surface area contributed by atoms with Crippen molar-refractivity contribution in [2.45, 2.75) is 38.1 Å². The van der Waals surface area contributed by atoms with Crippen LogP contribution in [0.25, 0.3) is 0 Å². The zero-order chi connectivity index (χ0) is 15.5. The van der Waals surface area contributed by atoms with Gasteiger partial charge in [-0.15, -0.1) is 11.3 Å². The summed E-state index contributed by atoms with van der Waals surface area (Å²) in [5.41, 5.74) is 2.40. The minimum Gasteiger partial charge on any atom is -0.447 e. The topological polar surface area (TPSA) is 75.4 Å². The fraction of sp³-hybridized carbons (Fsp3) is 0.462. The lowest BCUT2D eigenvalue weighted by molar-refractivity contribution is 0.374. The summed E-state index contributed by atoms with van der Waals surface area (Å²) in [6, 6.07) is 3.48. The van der Waals surface area contributed by atoms with Crippen LogP contribution in [0.2, 0.25) is 0 Å². The summed E-state index contributed by atoms with van der Waals surface area (Å²) >= 11 is 1.44. The molecule has 0 saturated carbocycles. The van der Waals surface area contributed by atoms with Gasteiger partial charge in [-0.3, -0.25) is 0 Å². The van der Waals surface area contributed by atoms with Crippen molar-refractivity contribution in [3.8, 4) is 0 Å². The van der Waals surface area contributed by atoms with Crippen molar-refractivity contribution < 1.29 is 12.8 Å². The highest BCUT2D eigenvalue weighted by atomic mass is 32.2. The Bertz CT molecular complexity index is 663. The number of nitrogens with zero attached hydrogens (tertiary/aromatic N) is 2. The van der Waals surface area contributed by atoms with Crippen molar-refractivity contribution in [3.63, 3.8) is 0 Å². The first-order chi connectivity index (χ1) is 9.89. The van der Waals surface area contributed by atoms with Gasteiger partial charge in [-0.2, -0.15) is 4.31 Å². The summed E-state index contributed by atoms with van der Waals surface area (Å²) in [6.07, 6.45) is 0. The number of nitrogens with one attached hydrogen (secondary N) is 1. The molecule has 2 rings (SSSR count). The van der Waals surface area contributed by atoms with E-state index in [0.717, 1.165) is 5.69 Å². The average Bonchev–Trinajstić information content (AvgIpc) is 3.07. The van der Waals surface area contributed by atoms with Crippen LogP contribution in [-0.2, 0) is 23.1 Å². The highest BCUT2D eigenvalue weighted by Gasteiger charge is 2.25. The molecule has 2 aromatic heterocycles. The maximum atomic E-state index is 12.4. The van der Waals surface area contributed by atoms with Crippen LogP contribution in [-0.4, -0.2) is 30.8 Å². The summed E-state index contributed by atoms with van der Waals surface area (Å²) < 4.78 is 31.5. The van der Waals surface area contributed by atoms with E-state index in [1.54, 1.807) is 11.6 Å². The lowest BCUT2D eigenvalue weighted by Crippen LogP contribution is -2.26. The van der Waals surface area contributed by atoms with Crippen molar-refractivity contribution in [1.82, 2.24) is 14.6 Å². The summed E-state index contributed by atoms with van der Waals surface area (Å²) in [4.78, 5) is 4.09. The maximum absolute atomic E-state index is 12.4. The minimum atomic E-state index is -3.63. The van der Waals surface area contributed by atoms with E-state index in [-0.39, 0.29) is 11.6 Å². The van der Waals surface area contributed by atoms with Crippen LogP contribution >= 0.6 is 11.3 Å². The van der Waals surface area contributed by atoms with Gasteiger partial charge in [0, 0.05) is 18.5 Å². The van der Waals surface area contributed by atoms with Crippen LogP contribution in [0.1, 0.15) is 25.3 Å². The van der Waals surface area contributed by atoms with Crippen molar-refractivity contribution in [3.05, 3.63) is 34.5 Å². The van der Waals surface area contributed by atoms with E-state index >= 15 is 0 Å². The molecule has 116 valence electrons. The van der Waals surface area contributed by atoms with Crippen LogP contribution in [0.5, 0.6) is 0 Å². The van der Waals surface area contributed by atoms with Crippen molar-refractivity contribution in [2.75, 3.05) is 7.05 Å². The van der Waals surface area contributed by atoms with E-state index in [2.05, 4.69) is 10.3 Å². The molecule has 0 bridgehead atoms. The van der Waals surface area contributed by atoms with Gasteiger partial charge in [-0.1, -0.05) is 13.8 Å². The van der Waals surface area contributed by atoms with Gasteiger partial charge in [-0.25, -0.2) is 13.4 Å². The molecular formula is C13H19N3O3S2. The molecule has 6 nitrogen and oxygen atoms in total. The molecule has 21 heavy (non-hydrogen) atoms. The number of thiazole rings is 1. The molecule has 0 saturated heterocycles. The molecule has 1 N–H and O–H groups in total. The molecule has 0 spiro atoms. The third-order valence-electron chi connectivity index (χ3n) is 2.85. The molecule has 0 aliphatic rings. The predicted octanol–water partition coefficient (Wildman–Crippen LogP) is 2.05. The summed E-state index contributed by atoms with van der Waals surface area (Å²) in [5, 5.41) is 4.97. The number of rotatable bonds is 7. The van der Waals surface area contributed by atoms with Crippen LogP contribution < -0.4 is 5.32 Å². The number of aromatic nitrogens is 1. The smallest absolute Gasteiger partial charge is 0.276 e. The molecule has 0 fully saturated rings. The van der Waals surface area contributed by atoms with Crippen LogP contribution in [0, 0.1) is 0 Å². The molecular weight excluding hydrogens is 310 g/mol. The molecule has 2 heterocycles. The van der Waals surface area contributed by atoms with Gasteiger partial charge in [0.25, 0.3) is 10.0 Å². The first-order valence-electron chi connectivity index (χ1n) is 6.55. The number of furan rings is 1. The molecule has 0 aliphatic carbocycles. The van der Waals surface area contributed by atoms with Crippen LogP contribution in [0.4, 0.5) is 0 Å². The summed E-state index contributed by atoms with van der Waals surface area (Å²) in [6.45, 7) is 4.76. The second kappa shape index (κ2) is 6.69. The Morgan fingerprint density at radius 1 is 1.43 bits per heavy atom. The third kappa shape index (κ3) is 4.13. The van der Waals surface area contributed by atoms with Crippen molar-refractivity contribution >= 4 is 21.4 Å². The Morgan fingerprint density at radius 2 is 2.19 bits per heavy atom. The number of sulfonamides is 1. The van der Waals surface area contributed by atoms with Crippen molar-refractivity contribution in [2.24, 2.45) is 0 Å². The standard InChI is InChI=1S/C13H19N3O3S2/c1-10(2)14-6-12-4-5-13(19-12)21(17,18)16(3)7-11-8-20-9-15-11/h4-5,8-10,14H,6-7H2,1-3H3. The second-order valence-electron chi connectivity index (χ2n) is 5.00. The van der Waals surface area contributed by atoms with Gasteiger partial charge in [0.15, 0.2) is 0 Å². The maximum Gasteiger partial charge on any atom is 0.276 e. The monoisotopic (exact) mass is 329 g/mol. The fourth-order valence-corrected chi connectivity index (χ4v) is 3.29. The minimum absolute atomic E-state index is 0.0409. The number of hydrogen-bond acceptors (Lipinski definition) is 6. The first-order valence-corrected chi connectivity index (χ1v) is 8.93. The van der Waals surface area contributed by atoms with Crippen LogP contribution in [0.3, 0.4) is 0 Å². The van der Waals surface area contributed by atoms with Gasteiger partial charge in [0.1, 0.15) is 5.76 Å². The SMILES string of the molecule is CC(C)NCc1ccc(S(=O)(=O)N(C)Cc2cscn2)o1. The summed E-state index contributed by atoms with van der Waals surface area (Å²) in [5.74, 6) is 0.601. The number of hydrogen-bond donors (Lipinski definition) is 1. The molecule has 2 aromatic rings. The largest absolute Gasteiger partial charge is 0.447 e. The Labute approximate surface area is 128 Å². The zero-order valence-electron chi connectivity index (χ0n) is 12.2. The Kier molecular flexibility index (Phi) is 5.15. The first kappa shape index (κ1) is 16.2. The van der Waals surface area contributed by atoms with E-state index in [0.29, 0.717) is 18.3 Å². The molecule has 0 aliphatic heterocycles. The molecule has 0 aromatic carbocycles. The van der Waals surface area contributed by atoms with E-state index in [1.807, 2.05) is 19.2 Å². The molecule has 0 unspecified atom stereocenters. The zero-order valence-corrected chi connectivity index (χ0v) is 13.9. The molecule has 0 amide bonds. The van der Waals surface area contributed by atoms with Gasteiger partial charge in [0.05, 0.1) is 24.3 Å². The van der Waals surface area contributed by atoms with Gasteiger partial charge in [0.2, 0.25) is 5.09 Å². The van der Waals surface area contributed by atoms with Gasteiger partial charge < -0.3 is 9.73 Å². The van der Waals surface area contributed by atoms with Gasteiger partial charge >= 0.3 is 0 Å². The molecule has 0 atom stereocenters. The predicted molar refractivity (Wildman–Crippen MR) is 81.5 cm³/mol. The normalized spacial score (nSPS) is 12.4.